The zero-order valence-corrected chi connectivity index (χ0v) is 19.1. The summed E-state index contributed by atoms with van der Waals surface area (Å²) in [5.41, 5.74) is 9.71. The summed E-state index contributed by atoms with van der Waals surface area (Å²) in [5.74, 6) is 1.02. The first kappa shape index (κ1) is 21.4. The van der Waals surface area contributed by atoms with E-state index in [1.54, 1.807) is 12.3 Å². The number of benzene rings is 2. The summed E-state index contributed by atoms with van der Waals surface area (Å²) in [4.78, 5) is 19.9. The zero-order valence-electron chi connectivity index (χ0n) is 18.3. The van der Waals surface area contributed by atoms with E-state index >= 15 is 0 Å². The highest BCUT2D eigenvalue weighted by Crippen LogP contribution is 2.31. The molecule has 0 bridgehead atoms. The molecule has 2 aromatic carbocycles. The monoisotopic (exact) mass is 463 g/mol. The van der Waals surface area contributed by atoms with Crippen molar-refractivity contribution in [1.82, 2.24) is 9.88 Å². The molecule has 0 spiro atoms. The standard InChI is InChI=1S/C24H25N5O3S/c1-15-12-26-18-8-3-2-7-17(18)21(15)24(30)29-11-5-6-16(13-29)14-32-20-10-4-9-19-22(20)23(25)28-33(31)27-19/h2-4,7-10,12,16,27H,5-6,11,13-14H2,1H3,(H2,25,28)/t16-,33?/m0/s1. The summed E-state index contributed by atoms with van der Waals surface area (Å²) >= 11 is -1.58. The lowest BCUT2D eigenvalue weighted by atomic mass is 9.96. The first-order valence-electron chi connectivity index (χ1n) is 10.9. The number of rotatable bonds is 4. The summed E-state index contributed by atoms with van der Waals surface area (Å²) in [7, 11) is 0. The second kappa shape index (κ2) is 8.82. The number of ether oxygens (including phenoxy) is 1. The fourth-order valence-corrected chi connectivity index (χ4v) is 5.20. The first-order valence-corrected chi connectivity index (χ1v) is 12.0. The van der Waals surface area contributed by atoms with Crippen LogP contribution in [0.15, 0.2) is 53.1 Å². The van der Waals surface area contributed by atoms with E-state index in [0.29, 0.717) is 30.2 Å². The van der Waals surface area contributed by atoms with E-state index in [4.69, 9.17) is 10.5 Å². The predicted molar refractivity (Wildman–Crippen MR) is 130 cm³/mol. The smallest absolute Gasteiger partial charge is 0.254 e. The molecule has 0 saturated carbocycles. The molecule has 1 saturated heterocycles. The Balaban J connectivity index is 1.32. The van der Waals surface area contributed by atoms with Crippen LogP contribution in [0.1, 0.15) is 34.3 Å². The third-order valence-corrected chi connectivity index (χ3v) is 6.88. The number of nitrogens with zero attached hydrogens (tertiary/aromatic N) is 3. The third kappa shape index (κ3) is 4.16. The van der Waals surface area contributed by atoms with Gasteiger partial charge in [0.15, 0.2) is 0 Å². The van der Waals surface area contributed by atoms with Gasteiger partial charge in [-0.2, -0.15) is 4.40 Å². The molecule has 170 valence electrons. The minimum atomic E-state index is -1.58. The van der Waals surface area contributed by atoms with Gasteiger partial charge in [-0.3, -0.25) is 14.5 Å². The second-order valence-corrected chi connectivity index (χ2v) is 9.30. The predicted octanol–water partition coefficient (Wildman–Crippen LogP) is 3.18. The number of para-hydroxylation sites is 1. The van der Waals surface area contributed by atoms with Gasteiger partial charge in [0.2, 0.25) is 11.2 Å². The van der Waals surface area contributed by atoms with Crippen LogP contribution in [0.3, 0.4) is 0 Å². The summed E-state index contributed by atoms with van der Waals surface area (Å²) in [6.45, 7) is 3.73. The molecule has 3 heterocycles. The van der Waals surface area contributed by atoms with Crippen molar-refractivity contribution >= 4 is 39.5 Å². The van der Waals surface area contributed by atoms with E-state index in [1.807, 2.05) is 48.2 Å². The minimum Gasteiger partial charge on any atom is -0.492 e. The molecule has 2 aliphatic rings. The van der Waals surface area contributed by atoms with Crippen LogP contribution in [-0.4, -0.2) is 45.5 Å². The average molecular weight is 464 g/mol. The number of hydrogen-bond acceptors (Lipinski definition) is 5. The lowest BCUT2D eigenvalue weighted by Crippen LogP contribution is -2.42. The highest BCUT2D eigenvalue weighted by atomic mass is 32.2. The van der Waals surface area contributed by atoms with Crippen LogP contribution in [0.5, 0.6) is 5.75 Å². The summed E-state index contributed by atoms with van der Waals surface area (Å²) in [6.07, 6.45) is 3.66. The van der Waals surface area contributed by atoms with Crippen molar-refractivity contribution < 1.29 is 13.7 Å². The van der Waals surface area contributed by atoms with Crippen LogP contribution in [0.25, 0.3) is 10.9 Å². The van der Waals surface area contributed by atoms with Crippen LogP contribution in [0, 0.1) is 12.8 Å². The summed E-state index contributed by atoms with van der Waals surface area (Å²) in [5, 5.41) is 0.886. The Morgan fingerprint density at radius 1 is 1.27 bits per heavy atom. The maximum atomic E-state index is 13.5. The number of likely N-dealkylation sites (tertiary alicyclic amines) is 1. The quantitative estimate of drug-likeness (QED) is 0.618. The molecule has 3 aromatic rings. The number of carbonyl (C=O) groups excluding carboxylic acids is 1. The number of hydrogen-bond donors (Lipinski definition) is 2. The van der Waals surface area contributed by atoms with E-state index < -0.39 is 11.2 Å². The van der Waals surface area contributed by atoms with Gasteiger partial charge >= 0.3 is 0 Å². The molecule has 3 N–H and O–H groups in total. The van der Waals surface area contributed by atoms with Crippen LogP contribution in [0.4, 0.5) is 5.69 Å². The number of aromatic nitrogens is 1. The van der Waals surface area contributed by atoms with Crippen molar-refractivity contribution in [2.24, 2.45) is 16.0 Å². The van der Waals surface area contributed by atoms with Crippen molar-refractivity contribution in [3.8, 4) is 5.75 Å². The van der Waals surface area contributed by atoms with Crippen LogP contribution in [0.2, 0.25) is 0 Å². The number of nitrogens with one attached hydrogen (secondary N) is 1. The van der Waals surface area contributed by atoms with Crippen molar-refractivity contribution in [2.75, 3.05) is 24.4 Å². The minimum absolute atomic E-state index is 0.0379. The van der Waals surface area contributed by atoms with Crippen molar-refractivity contribution in [1.29, 1.82) is 0 Å². The molecular weight excluding hydrogens is 438 g/mol. The molecule has 1 fully saturated rings. The van der Waals surface area contributed by atoms with E-state index in [0.717, 1.165) is 41.4 Å². The lowest BCUT2D eigenvalue weighted by molar-refractivity contribution is 0.0634. The van der Waals surface area contributed by atoms with Gasteiger partial charge in [0.05, 0.1) is 28.9 Å². The molecule has 0 radical (unpaired) electrons. The molecule has 5 rings (SSSR count). The van der Waals surface area contributed by atoms with Crippen LogP contribution >= 0.6 is 0 Å². The molecule has 9 heteroatoms. The third-order valence-electron chi connectivity index (χ3n) is 6.12. The van der Waals surface area contributed by atoms with Gasteiger partial charge in [-0.1, -0.05) is 24.3 Å². The zero-order chi connectivity index (χ0) is 22.9. The van der Waals surface area contributed by atoms with Gasteiger partial charge < -0.3 is 15.4 Å². The topological polar surface area (TPSA) is 110 Å². The molecule has 2 aliphatic heterocycles. The largest absolute Gasteiger partial charge is 0.492 e. The Labute approximate surface area is 194 Å². The maximum absolute atomic E-state index is 13.5. The van der Waals surface area contributed by atoms with Gasteiger partial charge in [0.1, 0.15) is 11.6 Å². The summed E-state index contributed by atoms with van der Waals surface area (Å²) in [6, 6.07) is 13.2. The highest BCUT2D eigenvalue weighted by molar-refractivity contribution is 7.85. The van der Waals surface area contributed by atoms with Crippen molar-refractivity contribution in [2.45, 2.75) is 19.8 Å². The molecular formula is C24H25N5O3S. The number of anilines is 1. The van der Waals surface area contributed by atoms with Gasteiger partial charge in [-0.15, -0.1) is 0 Å². The Bertz CT molecular complexity index is 1290. The number of carbonyl (C=O) groups is 1. The molecule has 1 unspecified atom stereocenters. The Morgan fingerprint density at radius 3 is 3.00 bits per heavy atom. The average Bonchev–Trinajstić information content (AvgIpc) is 2.82. The molecule has 33 heavy (non-hydrogen) atoms. The van der Waals surface area contributed by atoms with Crippen molar-refractivity contribution in [3.63, 3.8) is 0 Å². The fraction of sp³-hybridized carbons (Fsp3) is 0.292. The van der Waals surface area contributed by atoms with Gasteiger partial charge in [-0.25, -0.2) is 4.21 Å². The Morgan fingerprint density at radius 2 is 2.12 bits per heavy atom. The molecule has 2 atom stereocenters. The normalized spacial score (nSPS) is 20.0. The van der Waals surface area contributed by atoms with Crippen LogP contribution in [-0.2, 0) is 11.2 Å². The summed E-state index contributed by atoms with van der Waals surface area (Å²) < 4.78 is 24.5. The number of nitrogens with two attached hydrogens (primary N) is 1. The van der Waals surface area contributed by atoms with Gasteiger partial charge in [-0.05, 0) is 43.5 Å². The first-order chi connectivity index (χ1) is 16.0. The van der Waals surface area contributed by atoms with E-state index in [2.05, 4.69) is 14.1 Å². The van der Waals surface area contributed by atoms with E-state index in [-0.39, 0.29) is 17.7 Å². The van der Waals surface area contributed by atoms with Crippen LogP contribution < -0.4 is 15.2 Å². The van der Waals surface area contributed by atoms with E-state index in [1.165, 1.54) is 0 Å². The Kier molecular flexibility index (Phi) is 5.72. The Hall–Kier alpha value is -3.46. The molecule has 8 nitrogen and oxygen atoms in total. The number of pyridine rings is 1. The molecule has 1 amide bonds. The van der Waals surface area contributed by atoms with Gasteiger partial charge in [0.25, 0.3) is 5.91 Å². The number of piperidine rings is 1. The number of aryl methyl sites for hydroxylation is 1. The molecule has 0 aliphatic carbocycles. The maximum Gasteiger partial charge on any atom is 0.254 e. The van der Waals surface area contributed by atoms with Crippen molar-refractivity contribution in [3.05, 3.63) is 65.4 Å². The second-order valence-electron chi connectivity index (χ2n) is 8.41. The van der Waals surface area contributed by atoms with Gasteiger partial charge in [0, 0.05) is 30.6 Å². The fourth-order valence-electron chi connectivity index (χ4n) is 4.53. The molecule has 1 aromatic heterocycles. The van der Waals surface area contributed by atoms with E-state index in [9.17, 15) is 9.00 Å². The number of amidine groups is 1. The lowest BCUT2D eigenvalue weighted by Gasteiger charge is -2.33. The number of fused-ring (bicyclic) bond motifs is 2. The SMILES string of the molecule is Cc1cnc2ccccc2c1C(=O)N1CCC[C@H](COc2cccc3c2C(N)=NS(=O)N3)C1. The highest BCUT2D eigenvalue weighted by Gasteiger charge is 2.28. The number of amides is 1.